The van der Waals surface area contributed by atoms with Crippen molar-refractivity contribution >= 4 is 5.91 Å². The molecular formula is C13H20N2O3. The average molecular weight is 252 g/mol. The van der Waals surface area contributed by atoms with Gasteiger partial charge < -0.3 is 14.5 Å². The molecule has 1 N–H and O–H groups in total. The van der Waals surface area contributed by atoms with Gasteiger partial charge in [-0.2, -0.15) is 0 Å². The van der Waals surface area contributed by atoms with Gasteiger partial charge in [0, 0.05) is 37.1 Å². The van der Waals surface area contributed by atoms with Gasteiger partial charge in [-0.15, -0.1) is 0 Å². The zero-order chi connectivity index (χ0) is 13.3. The van der Waals surface area contributed by atoms with Crippen LogP contribution >= 0.6 is 0 Å². The van der Waals surface area contributed by atoms with Gasteiger partial charge in [0.25, 0.3) is 5.91 Å². The Hall–Kier alpha value is -1.36. The van der Waals surface area contributed by atoms with Crippen LogP contribution in [0.1, 0.15) is 43.4 Å². The first kappa shape index (κ1) is 13.1. The van der Waals surface area contributed by atoms with Crippen LogP contribution in [0.15, 0.2) is 10.6 Å². The maximum absolute atomic E-state index is 12.2. The molecule has 1 amide bonds. The zero-order valence-electron chi connectivity index (χ0n) is 11.1. The third kappa shape index (κ3) is 2.56. The molecule has 1 aliphatic heterocycles. The van der Waals surface area contributed by atoms with Crippen LogP contribution in [0.2, 0.25) is 0 Å². The number of aromatic nitrogens is 1. The van der Waals surface area contributed by atoms with E-state index in [9.17, 15) is 4.79 Å². The number of hydrogen-bond acceptors (Lipinski definition) is 4. The number of amides is 1. The second-order valence-corrected chi connectivity index (χ2v) is 5.91. The number of carbonyl (C=O) groups is 1. The second kappa shape index (κ2) is 4.72. The van der Waals surface area contributed by atoms with Crippen molar-refractivity contribution < 1.29 is 14.4 Å². The van der Waals surface area contributed by atoms with Crippen LogP contribution in [0.25, 0.3) is 0 Å². The lowest BCUT2D eigenvalue weighted by Crippen LogP contribution is -2.29. The molecule has 1 unspecified atom stereocenters. The van der Waals surface area contributed by atoms with Gasteiger partial charge in [-0.05, 0) is 6.42 Å². The summed E-state index contributed by atoms with van der Waals surface area (Å²) in [5.74, 6) is 0.803. The molecule has 0 saturated carbocycles. The zero-order valence-corrected chi connectivity index (χ0v) is 11.1. The van der Waals surface area contributed by atoms with E-state index >= 15 is 0 Å². The number of aliphatic hydroxyl groups excluding tert-OH is 1. The van der Waals surface area contributed by atoms with E-state index in [1.165, 1.54) is 0 Å². The van der Waals surface area contributed by atoms with Gasteiger partial charge in [-0.1, -0.05) is 25.9 Å². The third-order valence-electron chi connectivity index (χ3n) is 3.30. The van der Waals surface area contributed by atoms with Crippen LogP contribution < -0.4 is 0 Å². The molecule has 5 heteroatoms. The summed E-state index contributed by atoms with van der Waals surface area (Å²) in [7, 11) is 0. The maximum Gasteiger partial charge on any atom is 0.276 e. The Morgan fingerprint density at radius 3 is 2.83 bits per heavy atom. The normalized spacial score (nSPS) is 20.4. The van der Waals surface area contributed by atoms with E-state index in [0.717, 1.165) is 6.42 Å². The van der Waals surface area contributed by atoms with Gasteiger partial charge in [0.2, 0.25) is 0 Å². The number of rotatable bonds is 2. The van der Waals surface area contributed by atoms with Crippen LogP contribution in [0, 0.1) is 5.92 Å². The summed E-state index contributed by atoms with van der Waals surface area (Å²) in [5.41, 5.74) is 0.211. The fourth-order valence-corrected chi connectivity index (χ4v) is 2.06. The van der Waals surface area contributed by atoms with Crippen molar-refractivity contribution in [3.8, 4) is 0 Å². The highest BCUT2D eigenvalue weighted by Gasteiger charge is 2.29. The Morgan fingerprint density at radius 2 is 2.33 bits per heavy atom. The lowest BCUT2D eigenvalue weighted by atomic mass is 9.93. The minimum Gasteiger partial charge on any atom is -0.396 e. The summed E-state index contributed by atoms with van der Waals surface area (Å²) in [4.78, 5) is 13.9. The molecule has 5 nitrogen and oxygen atoms in total. The Bertz CT molecular complexity index is 434. The molecule has 0 aliphatic carbocycles. The largest absolute Gasteiger partial charge is 0.396 e. The Kier molecular flexibility index (Phi) is 3.43. The number of hydrogen-bond donors (Lipinski definition) is 1. The van der Waals surface area contributed by atoms with E-state index in [0.29, 0.717) is 24.5 Å². The van der Waals surface area contributed by atoms with Crippen LogP contribution in [0.5, 0.6) is 0 Å². The lowest BCUT2D eigenvalue weighted by molar-refractivity contribution is 0.0771. The molecule has 1 aromatic heterocycles. The van der Waals surface area contributed by atoms with Crippen molar-refractivity contribution in [3.05, 3.63) is 17.5 Å². The summed E-state index contributed by atoms with van der Waals surface area (Å²) in [6.45, 7) is 7.46. The first-order valence-electron chi connectivity index (χ1n) is 6.29. The highest BCUT2D eigenvalue weighted by Crippen LogP contribution is 2.24. The molecule has 0 bridgehead atoms. The van der Waals surface area contributed by atoms with Crippen LogP contribution in [0.4, 0.5) is 0 Å². The SMILES string of the molecule is CC(C)(C)c1cc(C(=O)N2CCC(CO)C2)no1. The van der Waals surface area contributed by atoms with E-state index in [1.54, 1.807) is 11.0 Å². The summed E-state index contributed by atoms with van der Waals surface area (Å²) < 4.78 is 5.22. The molecule has 2 heterocycles. The first-order valence-corrected chi connectivity index (χ1v) is 6.29. The molecule has 1 aromatic rings. The van der Waals surface area contributed by atoms with Crippen molar-refractivity contribution in [2.45, 2.75) is 32.6 Å². The number of aliphatic hydroxyl groups is 1. The first-order chi connectivity index (χ1) is 8.41. The molecule has 1 fully saturated rings. The van der Waals surface area contributed by atoms with Gasteiger partial charge in [0.1, 0.15) is 5.76 Å². The molecule has 1 atom stereocenters. The summed E-state index contributed by atoms with van der Waals surface area (Å²) >= 11 is 0. The van der Waals surface area contributed by atoms with Crippen LogP contribution in [-0.2, 0) is 5.41 Å². The molecule has 100 valence electrons. The van der Waals surface area contributed by atoms with Crippen LogP contribution in [0.3, 0.4) is 0 Å². The van der Waals surface area contributed by atoms with E-state index in [1.807, 2.05) is 20.8 Å². The monoisotopic (exact) mass is 252 g/mol. The quantitative estimate of drug-likeness (QED) is 0.864. The van der Waals surface area contributed by atoms with Crippen molar-refractivity contribution in [2.24, 2.45) is 5.92 Å². The fourth-order valence-electron chi connectivity index (χ4n) is 2.06. The van der Waals surface area contributed by atoms with Gasteiger partial charge in [-0.25, -0.2) is 0 Å². The fraction of sp³-hybridized carbons (Fsp3) is 0.692. The molecule has 1 saturated heterocycles. The topological polar surface area (TPSA) is 66.6 Å². The number of likely N-dealkylation sites (tertiary alicyclic amines) is 1. The van der Waals surface area contributed by atoms with Crippen molar-refractivity contribution in [1.82, 2.24) is 10.1 Å². The molecule has 2 rings (SSSR count). The summed E-state index contributed by atoms with van der Waals surface area (Å²) in [5, 5.41) is 12.9. The van der Waals surface area contributed by atoms with Gasteiger partial charge in [-0.3, -0.25) is 4.79 Å². The van der Waals surface area contributed by atoms with Gasteiger partial charge >= 0.3 is 0 Å². The molecular weight excluding hydrogens is 232 g/mol. The number of carbonyl (C=O) groups excluding carboxylic acids is 1. The van der Waals surface area contributed by atoms with E-state index in [-0.39, 0.29) is 23.8 Å². The number of nitrogens with zero attached hydrogens (tertiary/aromatic N) is 2. The van der Waals surface area contributed by atoms with E-state index < -0.39 is 0 Å². The Labute approximate surface area is 107 Å². The lowest BCUT2D eigenvalue weighted by Gasteiger charge is -2.14. The standard InChI is InChI=1S/C13H20N2O3/c1-13(2,3)11-6-10(14-18-11)12(17)15-5-4-9(7-15)8-16/h6,9,16H,4-5,7-8H2,1-3H3. The summed E-state index contributed by atoms with van der Waals surface area (Å²) in [6.07, 6.45) is 0.853. The molecule has 0 aromatic carbocycles. The summed E-state index contributed by atoms with van der Waals surface area (Å²) in [6, 6.07) is 1.72. The Balaban J connectivity index is 2.08. The Morgan fingerprint density at radius 1 is 1.61 bits per heavy atom. The van der Waals surface area contributed by atoms with E-state index in [2.05, 4.69) is 5.16 Å². The molecule has 0 spiro atoms. The molecule has 1 aliphatic rings. The highest BCUT2D eigenvalue weighted by molar-refractivity contribution is 5.92. The second-order valence-electron chi connectivity index (χ2n) is 5.91. The minimum atomic E-state index is -0.149. The maximum atomic E-state index is 12.2. The molecule has 0 radical (unpaired) electrons. The van der Waals surface area contributed by atoms with Crippen molar-refractivity contribution in [1.29, 1.82) is 0 Å². The van der Waals surface area contributed by atoms with Crippen molar-refractivity contribution in [3.63, 3.8) is 0 Å². The minimum absolute atomic E-state index is 0.106. The van der Waals surface area contributed by atoms with Gasteiger partial charge in [0.05, 0.1) is 0 Å². The predicted octanol–water partition coefficient (Wildman–Crippen LogP) is 1.43. The molecule has 18 heavy (non-hydrogen) atoms. The highest BCUT2D eigenvalue weighted by atomic mass is 16.5. The van der Waals surface area contributed by atoms with Gasteiger partial charge in [0.15, 0.2) is 5.69 Å². The third-order valence-corrected chi connectivity index (χ3v) is 3.30. The van der Waals surface area contributed by atoms with E-state index in [4.69, 9.17) is 9.63 Å². The predicted molar refractivity (Wildman–Crippen MR) is 66.3 cm³/mol. The van der Waals surface area contributed by atoms with Crippen LogP contribution in [-0.4, -0.2) is 40.8 Å². The van der Waals surface area contributed by atoms with Crippen molar-refractivity contribution in [2.75, 3.05) is 19.7 Å². The average Bonchev–Trinajstić information content (AvgIpc) is 2.96. The smallest absolute Gasteiger partial charge is 0.276 e.